The molecule has 82 valence electrons. The third kappa shape index (κ3) is 1.92. The Morgan fingerprint density at radius 2 is 1.80 bits per heavy atom. The van der Waals surface area contributed by atoms with Crippen LogP contribution in [-0.2, 0) is 4.79 Å². The van der Waals surface area contributed by atoms with Gasteiger partial charge < -0.3 is 0 Å². The first kappa shape index (κ1) is 10.7. The molecule has 0 aliphatic heterocycles. The van der Waals surface area contributed by atoms with Crippen molar-refractivity contribution in [2.75, 3.05) is 0 Å². The molecule has 0 amide bonds. The third-order valence-electron chi connectivity index (χ3n) is 3.74. The van der Waals surface area contributed by atoms with Crippen molar-refractivity contribution < 1.29 is 4.79 Å². The van der Waals surface area contributed by atoms with Gasteiger partial charge in [-0.25, -0.2) is 0 Å². The molecule has 1 nitrogen and oxygen atoms in total. The number of Topliss-reactive ketones (excluding diaryl/α,β-unsaturated/α-hetero) is 1. The molecule has 0 unspecified atom stereocenters. The van der Waals surface area contributed by atoms with Crippen molar-refractivity contribution in [1.82, 2.24) is 0 Å². The molecule has 1 heteroatoms. The van der Waals surface area contributed by atoms with E-state index < -0.39 is 0 Å². The van der Waals surface area contributed by atoms with Crippen molar-refractivity contribution in [3.05, 3.63) is 23.3 Å². The number of allylic oxidation sites excluding steroid dienone is 4. The first-order valence-corrected chi connectivity index (χ1v) is 6.06. The molecule has 0 radical (unpaired) electrons. The standard InChI is InChI=1S/C14H20O/c1-14(2,12-9-5-6-10-12)13(15)11-7-3-4-8-11/h7,9H,3-6,8,10H2,1-2H3. The summed E-state index contributed by atoms with van der Waals surface area (Å²) >= 11 is 0. The molecule has 2 rings (SSSR count). The topological polar surface area (TPSA) is 17.1 Å². The van der Waals surface area contributed by atoms with Crippen LogP contribution in [0, 0.1) is 5.41 Å². The van der Waals surface area contributed by atoms with Gasteiger partial charge in [0.15, 0.2) is 5.78 Å². The van der Waals surface area contributed by atoms with Gasteiger partial charge in [-0.3, -0.25) is 4.79 Å². The predicted octanol–water partition coefficient (Wildman–Crippen LogP) is 3.80. The van der Waals surface area contributed by atoms with Gasteiger partial charge in [0.2, 0.25) is 0 Å². The van der Waals surface area contributed by atoms with Crippen LogP contribution in [0.5, 0.6) is 0 Å². The van der Waals surface area contributed by atoms with Gasteiger partial charge in [0, 0.05) is 5.41 Å². The lowest BCUT2D eigenvalue weighted by atomic mass is 9.77. The number of rotatable bonds is 3. The van der Waals surface area contributed by atoms with E-state index in [4.69, 9.17) is 0 Å². The fourth-order valence-corrected chi connectivity index (χ4v) is 2.66. The van der Waals surface area contributed by atoms with E-state index >= 15 is 0 Å². The van der Waals surface area contributed by atoms with Gasteiger partial charge in [0.1, 0.15) is 0 Å². The van der Waals surface area contributed by atoms with Crippen molar-refractivity contribution >= 4 is 5.78 Å². The number of carbonyl (C=O) groups is 1. The highest BCUT2D eigenvalue weighted by molar-refractivity contribution is 6.01. The smallest absolute Gasteiger partial charge is 0.168 e. The molecule has 0 spiro atoms. The zero-order valence-corrected chi connectivity index (χ0v) is 9.81. The van der Waals surface area contributed by atoms with Crippen LogP contribution < -0.4 is 0 Å². The largest absolute Gasteiger partial charge is 0.294 e. The van der Waals surface area contributed by atoms with Crippen molar-refractivity contribution in [2.45, 2.75) is 52.4 Å². The van der Waals surface area contributed by atoms with Crippen LogP contribution in [-0.4, -0.2) is 5.78 Å². The summed E-state index contributed by atoms with van der Waals surface area (Å²) in [5.41, 5.74) is 2.19. The molecule has 0 heterocycles. The molecule has 0 bridgehead atoms. The van der Waals surface area contributed by atoms with Gasteiger partial charge in [-0.15, -0.1) is 0 Å². The highest BCUT2D eigenvalue weighted by atomic mass is 16.1. The average molecular weight is 204 g/mol. The van der Waals surface area contributed by atoms with E-state index in [2.05, 4.69) is 26.0 Å². The molecular weight excluding hydrogens is 184 g/mol. The number of carbonyl (C=O) groups excluding carboxylic acids is 1. The predicted molar refractivity (Wildman–Crippen MR) is 62.7 cm³/mol. The zero-order valence-electron chi connectivity index (χ0n) is 9.81. The molecule has 0 aromatic carbocycles. The van der Waals surface area contributed by atoms with Crippen LogP contribution in [0.3, 0.4) is 0 Å². The first-order chi connectivity index (χ1) is 7.12. The Kier molecular flexibility index (Phi) is 2.81. The lowest BCUT2D eigenvalue weighted by molar-refractivity contribution is -0.121. The van der Waals surface area contributed by atoms with E-state index in [0.717, 1.165) is 37.7 Å². The van der Waals surface area contributed by atoms with E-state index in [1.165, 1.54) is 12.0 Å². The second-order valence-electron chi connectivity index (χ2n) is 5.20. The summed E-state index contributed by atoms with van der Waals surface area (Å²) in [5, 5.41) is 0. The van der Waals surface area contributed by atoms with Gasteiger partial charge in [0.05, 0.1) is 0 Å². The molecule has 2 aliphatic rings. The van der Waals surface area contributed by atoms with Gasteiger partial charge in [-0.05, 0) is 57.9 Å². The van der Waals surface area contributed by atoms with Gasteiger partial charge in [-0.2, -0.15) is 0 Å². The van der Waals surface area contributed by atoms with Crippen LogP contribution in [0.4, 0.5) is 0 Å². The summed E-state index contributed by atoms with van der Waals surface area (Å²) in [6, 6.07) is 0. The van der Waals surface area contributed by atoms with Crippen LogP contribution >= 0.6 is 0 Å². The molecule has 0 aromatic rings. The Morgan fingerprint density at radius 1 is 1.13 bits per heavy atom. The Labute approximate surface area is 92.3 Å². The Hall–Kier alpha value is -0.850. The van der Waals surface area contributed by atoms with E-state index in [9.17, 15) is 4.79 Å². The first-order valence-electron chi connectivity index (χ1n) is 6.06. The average Bonchev–Trinajstić information content (AvgIpc) is 2.89. The minimum Gasteiger partial charge on any atom is -0.294 e. The minimum absolute atomic E-state index is 0.243. The summed E-state index contributed by atoms with van der Waals surface area (Å²) in [7, 11) is 0. The third-order valence-corrected chi connectivity index (χ3v) is 3.74. The lowest BCUT2D eigenvalue weighted by Crippen LogP contribution is -2.27. The molecule has 0 N–H and O–H groups in total. The maximum absolute atomic E-state index is 12.3. The molecule has 0 fully saturated rings. The molecule has 0 saturated heterocycles. The van der Waals surface area contributed by atoms with Crippen LogP contribution in [0.15, 0.2) is 23.3 Å². The molecular formula is C14H20O. The zero-order chi connectivity index (χ0) is 10.9. The van der Waals surface area contributed by atoms with Crippen molar-refractivity contribution in [3.8, 4) is 0 Å². The number of hydrogen-bond donors (Lipinski definition) is 0. The van der Waals surface area contributed by atoms with Crippen molar-refractivity contribution in [3.63, 3.8) is 0 Å². The van der Waals surface area contributed by atoms with Gasteiger partial charge in [0.25, 0.3) is 0 Å². The van der Waals surface area contributed by atoms with E-state index in [1.807, 2.05) is 0 Å². The summed E-state index contributed by atoms with van der Waals surface area (Å²) in [4.78, 5) is 12.3. The maximum Gasteiger partial charge on any atom is 0.168 e. The minimum atomic E-state index is -0.243. The molecule has 0 saturated carbocycles. The normalized spacial score (nSPS) is 21.5. The highest BCUT2D eigenvalue weighted by Gasteiger charge is 2.34. The molecule has 15 heavy (non-hydrogen) atoms. The Balaban J connectivity index is 2.17. The second kappa shape index (κ2) is 3.96. The van der Waals surface area contributed by atoms with Gasteiger partial charge >= 0.3 is 0 Å². The van der Waals surface area contributed by atoms with Crippen molar-refractivity contribution in [2.24, 2.45) is 5.41 Å². The SMILES string of the molecule is CC(C)(C(=O)C1=CCCC1)C1=CCCC1. The van der Waals surface area contributed by atoms with E-state index in [0.29, 0.717) is 5.78 Å². The lowest BCUT2D eigenvalue weighted by Gasteiger charge is -2.25. The van der Waals surface area contributed by atoms with E-state index in [1.54, 1.807) is 0 Å². The quantitative estimate of drug-likeness (QED) is 0.639. The van der Waals surface area contributed by atoms with Gasteiger partial charge in [-0.1, -0.05) is 17.7 Å². The maximum atomic E-state index is 12.3. The monoisotopic (exact) mass is 204 g/mol. The fourth-order valence-electron chi connectivity index (χ4n) is 2.66. The summed E-state index contributed by atoms with van der Waals surface area (Å²) in [6.45, 7) is 4.18. The van der Waals surface area contributed by atoms with Crippen LogP contribution in [0.1, 0.15) is 52.4 Å². The second-order valence-corrected chi connectivity index (χ2v) is 5.20. The molecule has 2 aliphatic carbocycles. The summed E-state index contributed by atoms with van der Waals surface area (Å²) in [6.07, 6.45) is 11.2. The number of ketones is 1. The Bertz CT molecular complexity index is 331. The molecule has 0 atom stereocenters. The van der Waals surface area contributed by atoms with Crippen LogP contribution in [0.2, 0.25) is 0 Å². The van der Waals surface area contributed by atoms with Crippen LogP contribution in [0.25, 0.3) is 0 Å². The summed E-state index contributed by atoms with van der Waals surface area (Å²) in [5.74, 6) is 0.369. The number of hydrogen-bond acceptors (Lipinski definition) is 1. The molecule has 0 aromatic heterocycles. The Morgan fingerprint density at radius 3 is 2.33 bits per heavy atom. The highest BCUT2D eigenvalue weighted by Crippen LogP contribution is 2.38. The van der Waals surface area contributed by atoms with E-state index in [-0.39, 0.29) is 5.41 Å². The fraction of sp³-hybridized carbons (Fsp3) is 0.643. The van der Waals surface area contributed by atoms with Crippen molar-refractivity contribution in [1.29, 1.82) is 0 Å². The summed E-state index contributed by atoms with van der Waals surface area (Å²) < 4.78 is 0.